The summed E-state index contributed by atoms with van der Waals surface area (Å²) in [5.41, 5.74) is 5.61. The maximum absolute atomic E-state index is 5.61. The Labute approximate surface area is 139 Å². The van der Waals surface area contributed by atoms with Gasteiger partial charge >= 0.3 is 0 Å². The third kappa shape index (κ3) is 7.40. The zero-order valence-electron chi connectivity index (χ0n) is 14.6. The van der Waals surface area contributed by atoms with Crippen molar-refractivity contribution in [3.8, 4) is 0 Å². The van der Waals surface area contributed by atoms with Crippen LogP contribution in [-0.4, -0.2) is 40.8 Å². The van der Waals surface area contributed by atoms with Gasteiger partial charge in [0.05, 0.1) is 0 Å². The normalized spacial score (nSPS) is 13.0. The second-order valence-electron chi connectivity index (χ2n) is 6.20. The minimum Gasteiger partial charge on any atom is -0.374 e. The molecule has 1 aromatic heterocycles. The quantitative estimate of drug-likeness (QED) is 0.607. The molecule has 6 heteroatoms. The first-order valence-corrected chi connectivity index (χ1v) is 9.44. The van der Waals surface area contributed by atoms with E-state index in [0.29, 0.717) is 11.2 Å². The van der Waals surface area contributed by atoms with Crippen LogP contribution in [0.15, 0.2) is 0 Å². The van der Waals surface area contributed by atoms with E-state index >= 15 is 0 Å². The molecular formula is C16H33N5S. The van der Waals surface area contributed by atoms with Gasteiger partial charge in [-0.2, -0.15) is 0 Å². The van der Waals surface area contributed by atoms with Gasteiger partial charge in [-0.05, 0) is 33.2 Å². The molecule has 0 fully saturated rings. The fourth-order valence-electron chi connectivity index (χ4n) is 2.62. The summed E-state index contributed by atoms with van der Waals surface area (Å²) in [7, 11) is 2.27. The summed E-state index contributed by atoms with van der Waals surface area (Å²) in [6.07, 6.45) is 8.97. The molecule has 0 spiro atoms. The average molecular weight is 328 g/mol. The largest absolute Gasteiger partial charge is 0.374 e. The molecule has 0 saturated heterocycles. The topological polar surface area (TPSA) is 67.1 Å². The molecule has 0 aliphatic rings. The van der Waals surface area contributed by atoms with Gasteiger partial charge in [-0.1, -0.05) is 50.9 Å². The van der Waals surface area contributed by atoms with E-state index in [2.05, 4.69) is 48.2 Å². The lowest BCUT2D eigenvalue weighted by Gasteiger charge is -2.29. The van der Waals surface area contributed by atoms with E-state index in [0.717, 1.165) is 24.1 Å². The second kappa shape index (κ2) is 10.8. The second-order valence-corrected chi connectivity index (χ2v) is 7.21. The van der Waals surface area contributed by atoms with Gasteiger partial charge in [0, 0.05) is 18.6 Å². The van der Waals surface area contributed by atoms with Crippen LogP contribution in [0.1, 0.15) is 65.7 Å². The summed E-state index contributed by atoms with van der Waals surface area (Å²) in [5.74, 6) is 0. The monoisotopic (exact) mass is 327 g/mol. The molecule has 0 saturated carbocycles. The number of nitrogens with two attached hydrogens (primary N) is 1. The van der Waals surface area contributed by atoms with Crippen LogP contribution in [-0.2, 0) is 0 Å². The molecule has 0 aromatic carbocycles. The SMILES string of the molecule is CCCCC(CCCC)N(C)CC[C@H](C)Nc1nnc(N)s1. The molecule has 0 amide bonds. The molecule has 1 heterocycles. The number of hydrogen-bond donors (Lipinski definition) is 2. The van der Waals surface area contributed by atoms with Gasteiger partial charge in [-0.15, -0.1) is 10.2 Å². The van der Waals surface area contributed by atoms with Crippen molar-refractivity contribution in [3.63, 3.8) is 0 Å². The van der Waals surface area contributed by atoms with Crippen LogP contribution in [0.4, 0.5) is 10.3 Å². The van der Waals surface area contributed by atoms with Crippen molar-refractivity contribution >= 4 is 21.6 Å². The number of nitrogen functional groups attached to an aromatic ring is 1. The zero-order valence-corrected chi connectivity index (χ0v) is 15.5. The third-order valence-electron chi connectivity index (χ3n) is 4.13. The Morgan fingerprint density at radius 2 is 1.77 bits per heavy atom. The highest BCUT2D eigenvalue weighted by molar-refractivity contribution is 7.18. The van der Waals surface area contributed by atoms with Crippen molar-refractivity contribution in [1.82, 2.24) is 15.1 Å². The minimum absolute atomic E-state index is 0.382. The van der Waals surface area contributed by atoms with Crippen LogP contribution in [0.2, 0.25) is 0 Å². The highest BCUT2D eigenvalue weighted by Gasteiger charge is 2.15. The van der Waals surface area contributed by atoms with Crippen LogP contribution in [0.25, 0.3) is 0 Å². The Bertz CT molecular complexity index is 388. The molecule has 1 aromatic rings. The van der Waals surface area contributed by atoms with Gasteiger partial charge in [0.2, 0.25) is 10.3 Å². The maximum Gasteiger partial charge on any atom is 0.207 e. The maximum atomic E-state index is 5.61. The molecule has 1 atom stereocenters. The molecule has 0 bridgehead atoms. The van der Waals surface area contributed by atoms with Crippen LogP contribution < -0.4 is 11.1 Å². The van der Waals surface area contributed by atoms with Gasteiger partial charge in [0.15, 0.2) is 0 Å². The van der Waals surface area contributed by atoms with E-state index in [-0.39, 0.29) is 0 Å². The zero-order chi connectivity index (χ0) is 16.4. The first-order valence-electron chi connectivity index (χ1n) is 8.62. The predicted octanol–water partition coefficient (Wildman–Crippen LogP) is 3.99. The van der Waals surface area contributed by atoms with Crippen LogP contribution >= 0.6 is 11.3 Å². The number of unbranched alkanes of at least 4 members (excludes halogenated alkanes) is 2. The first kappa shape index (κ1) is 19.2. The van der Waals surface area contributed by atoms with Crippen molar-refractivity contribution in [1.29, 1.82) is 0 Å². The lowest BCUT2D eigenvalue weighted by Crippen LogP contribution is -2.34. The number of rotatable bonds is 12. The smallest absolute Gasteiger partial charge is 0.207 e. The van der Waals surface area contributed by atoms with Crippen molar-refractivity contribution in [3.05, 3.63) is 0 Å². The lowest BCUT2D eigenvalue weighted by atomic mass is 10.0. The highest BCUT2D eigenvalue weighted by atomic mass is 32.1. The highest BCUT2D eigenvalue weighted by Crippen LogP contribution is 2.19. The lowest BCUT2D eigenvalue weighted by molar-refractivity contribution is 0.207. The van der Waals surface area contributed by atoms with Gasteiger partial charge in [0.25, 0.3) is 0 Å². The van der Waals surface area contributed by atoms with Crippen molar-refractivity contribution in [2.75, 3.05) is 24.6 Å². The van der Waals surface area contributed by atoms with Crippen LogP contribution in [0.5, 0.6) is 0 Å². The van der Waals surface area contributed by atoms with Crippen molar-refractivity contribution < 1.29 is 0 Å². The fraction of sp³-hybridized carbons (Fsp3) is 0.875. The predicted molar refractivity (Wildman–Crippen MR) is 97.5 cm³/mol. The van der Waals surface area contributed by atoms with Gasteiger partial charge in [-0.25, -0.2) is 0 Å². The molecule has 1 rings (SSSR count). The number of anilines is 2. The van der Waals surface area contributed by atoms with Gasteiger partial charge in [0.1, 0.15) is 0 Å². The number of nitrogens with zero attached hydrogens (tertiary/aromatic N) is 3. The fourth-order valence-corrected chi connectivity index (χ4v) is 3.24. The Balaban J connectivity index is 2.34. The van der Waals surface area contributed by atoms with E-state index in [1.165, 1.54) is 49.9 Å². The van der Waals surface area contributed by atoms with E-state index in [4.69, 9.17) is 5.73 Å². The molecule has 0 aliphatic heterocycles. The first-order chi connectivity index (χ1) is 10.6. The molecule has 0 radical (unpaired) electrons. The van der Waals surface area contributed by atoms with Crippen LogP contribution in [0, 0.1) is 0 Å². The number of nitrogens with one attached hydrogen (secondary N) is 1. The Morgan fingerprint density at radius 1 is 1.14 bits per heavy atom. The van der Waals surface area contributed by atoms with Crippen molar-refractivity contribution in [2.24, 2.45) is 0 Å². The summed E-state index contributed by atoms with van der Waals surface area (Å²) in [6.45, 7) is 7.85. The van der Waals surface area contributed by atoms with E-state index in [9.17, 15) is 0 Å². The minimum atomic E-state index is 0.382. The van der Waals surface area contributed by atoms with Crippen LogP contribution in [0.3, 0.4) is 0 Å². The summed E-state index contributed by atoms with van der Waals surface area (Å²) in [6, 6.07) is 1.11. The molecule has 22 heavy (non-hydrogen) atoms. The molecule has 3 N–H and O–H groups in total. The molecule has 0 unspecified atom stereocenters. The summed E-state index contributed by atoms with van der Waals surface area (Å²) < 4.78 is 0. The number of hydrogen-bond acceptors (Lipinski definition) is 6. The molecule has 5 nitrogen and oxygen atoms in total. The summed E-state index contributed by atoms with van der Waals surface area (Å²) in [4.78, 5) is 2.54. The average Bonchev–Trinajstić information content (AvgIpc) is 2.90. The van der Waals surface area contributed by atoms with Gasteiger partial charge in [-0.3, -0.25) is 0 Å². The van der Waals surface area contributed by atoms with E-state index in [1.54, 1.807) is 0 Å². The summed E-state index contributed by atoms with van der Waals surface area (Å²) in [5, 5.41) is 12.6. The molecule has 128 valence electrons. The van der Waals surface area contributed by atoms with E-state index in [1.807, 2.05) is 0 Å². The third-order valence-corrected chi connectivity index (χ3v) is 4.81. The molecule has 0 aliphatic carbocycles. The Kier molecular flexibility index (Phi) is 9.39. The van der Waals surface area contributed by atoms with Gasteiger partial charge < -0.3 is 16.0 Å². The summed E-state index contributed by atoms with van der Waals surface area (Å²) >= 11 is 1.41. The number of aromatic nitrogens is 2. The Hall–Kier alpha value is -0.880. The molecular weight excluding hydrogens is 294 g/mol. The standard InChI is InChI=1S/C16H33N5S/c1-5-7-9-14(10-8-6-2)21(4)12-11-13(3)18-16-20-19-15(17)22-16/h13-14H,5-12H2,1-4H3,(H2,17,19)(H,18,20)/t13-/m0/s1. The van der Waals surface area contributed by atoms with Crippen molar-refractivity contribution in [2.45, 2.75) is 77.8 Å². The Morgan fingerprint density at radius 3 is 2.27 bits per heavy atom. The van der Waals surface area contributed by atoms with E-state index < -0.39 is 0 Å².